The number of carbonyl (C=O) groups is 1. The third-order valence-electron chi connectivity index (χ3n) is 2.05. The molecule has 0 aromatic heterocycles. The zero-order valence-corrected chi connectivity index (χ0v) is 9.86. The number of nitrogens with zero attached hydrogens (tertiary/aromatic N) is 1. The molecule has 1 N–H and O–H groups in total. The van der Waals surface area contributed by atoms with E-state index in [1.165, 1.54) is 0 Å². The predicted molar refractivity (Wildman–Crippen MR) is 55.3 cm³/mol. The van der Waals surface area contributed by atoms with Crippen molar-refractivity contribution in [1.29, 1.82) is 0 Å². The zero-order valence-electron chi connectivity index (χ0n) is 9.05. The lowest BCUT2D eigenvalue weighted by Crippen LogP contribution is -2.27. The summed E-state index contributed by atoms with van der Waals surface area (Å²) < 4.78 is 37.1. The first-order valence-electron chi connectivity index (χ1n) is 4.36. The van der Waals surface area contributed by atoms with Gasteiger partial charge in [0.05, 0.1) is 12.7 Å². The average Bonchev–Trinajstić information content (AvgIpc) is 2.27. The lowest BCUT2D eigenvalue weighted by atomic mass is 10.2. The van der Waals surface area contributed by atoms with E-state index in [0.717, 1.165) is 26.3 Å². The van der Waals surface area contributed by atoms with E-state index in [0.29, 0.717) is 10.5 Å². The summed E-state index contributed by atoms with van der Waals surface area (Å²) >= 11 is 0. The summed E-state index contributed by atoms with van der Waals surface area (Å²) in [6.45, 7) is 0. The molecule has 0 saturated carbocycles. The molecule has 1 rings (SSSR count). The molecule has 0 saturated heterocycles. The highest BCUT2D eigenvalue weighted by Crippen LogP contribution is 2.20. The molecule has 94 valence electrons. The second-order valence-electron chi connectivity index (χ2n) is 3.04. The normalized spacial score (nSPS) is 11.8. The molecule has 0 aliphatic carbocycles. The predicted octanol–water partition coefficient (Wildman–Crippen LogP) is 0.706. The fourth-order valence-corrected chi connectivity index (χ4v) is 2.29. The first-order valence-corrected chi connectivity index (χ1v) is 5.80. The van der Waals surface area contributed by atoms with Gasteiger partial charge in [0.15, 0.2) is 0 Å². The Bertz CT molecular complexity index is 542. The third-order valence-corrected chi connectivity index (χ3v) is 3.77. The maximum absolute atomic E-state index is 13.0. The molecule has 6 nitrogen and oxygen atoms in total. The lowest BCUT2D eigenvalue weighted by Gasteiger charge is -2.15. The number of hydrogen-bond donors (Lipinski definition) is 1. The van der Waals surface area contributed by atoms with Crippen LogP contribution >= 0.6 is 0 Å². The molecule has 0 unspecified atom stereocenters. The molecular formula is C9H10FNO5S. The molecule has 0 atom stereocenters. The van der Waals surface area contributed by atoms with E-state index in [9.17, 15) is 17.6 Å². The summed E-state index contributed by atoms with van der Waals surface area (Å²) in [4.78, 5) is 14.7. The van der Waals surface area contributed by atoms with Crippen LogP contribution in [0.1, 0.15) is 10.4 Å². The number of carboxylic acids is 1. The highest BCUT2D eigenvalue weighted by atomic mass is 32.2. The molecule has 17 heavy (non-hydrogen) atoms. The molecule has 0 aliphatic heterocycles. The summed E-state index contributed by atoms with van der Waals surface area (Å²) in [7, 11) is -2.03. The van der Waals surface area contributed by atoms with Crippen molar-refractivity contribution in [3.63, 3.8) is 0 Å². The molecule has 0 bridgehead atoms. The fourth-order valence-electron chi connectivity index (χ4n) is 1.12. The maximum Gasteiger partial charge on any atom is 0.337 e. The van der Waals surface area contributed by atoms with Gasteiger partial charge < -0.3 is 5.11 Å². The van der Waals surface area contributed by atoms with Crippen LogP contribution in [0.25, 0.3) is 0 Å². The zero-order chi connectivity index (χ0) is 13.2. The molecule has 0 spiro atoms. The van der Waals surface area contributed by atoms with Gasteiger partial charge in [-0.25, -0.2) is 17.6 Å². The fraction of sp³-hybridized carbons (Fsp3) is 0.222. The average molecular weight is 263 g/mol. The van der Waals surface area contributed by atoms with Crippen LogP contribution in [-0.2, 0) is 14.9 Å². The van der Waals surface area contributed by atoms with Crippen LogP contribution in [0.2, 0.25) is 0 Å². The van der Waals surface area contributed by atoms with Crippen molar-refractivity contribution in [3.05, 3.63) is 29.6 Å². The highest BCUT2D eigenvalue weighted by Gasteiger charge is 2.27. The minimum atomic E-state index is -4.20. The van der Waals surface area contributed by atoms with Gasteiger partial charge in [-0.15, -0.1) is 0 Å². The molecular weight excluding hydrogens is 253 g/mol. The van der Waals surface area contributed by atoms with Crippen LogP contribution in [0.3, 0.4) is 0 Å². The van der Waals surface area contributed by atoms with Gasteiger partial charge in [0.1, 0.15) is 10.7 Å². The van der Waals surface area contributed by atoms with Crippen molar-refractivity contribution in [3.8, 4) is 0 Å². The van der Waals surface area contributed by atoms with Gasteiger partial charge in [0.2, 0.25) is 0 Å². The number of hydroxylamine groups is 1. The molecule has 0 fully saturated rings. The van der Waals surface area contributed by atoms with Gasteiger partial charge in [0.25, 0.3) is 10.0 Å². The van der Waals surface area contributed by atoms with Gasteiger partial charge in [-0.1, -0.05) is 4.47 Å². The first-order chi connectivity index (χ1) is 7.80. The largest absolute Gasteiger partial charge is 0.478 e. The molecule has 0 aliphatic rings. The smallest absolute Gasteiger partial charge is 0.337 e. The summed E-state index contributed by atoms with van der Waals surface area (Å²) in [6, 6.07) is 2.39. The number of rotatable bonds is 4. The molecule has 1 aromatic carbocycles. The van der Waals surface area contributed by atoms with Gasteiger partial charge in [-0.2, -0.15) is 0 Å². The van der Waals surface area contributed by atoms with Crippen molar-refractivity contribution in [2.75, 3.05) is 14.2 Å². The number of sulfonamides is 1. The van der Waals surface area contributed by atoms with Crippen LogP contribution in [0, 0.1) is 5.82 Å². The van der Waals surface area contributed by atoms with E-state index >= 15 is 0 Å². The second-order valence-corrected chi connectivity index (χ2v) is 4.95. The van der Waals surface area contributed by atoms with E-state index < -0.39 is 32.3 Å². The van der Waals surface area contributed by atoms with Crippen LogP contribution in [-0.4, -0.2) is 38.1 Å². The van der Waals surface area contributed by atoms with E-state index in [4.69, 9.17) is 5.11 Å². The monoisotopic (exact) mass is 263 g/mol. The van der Waals surface area contributed by atoms with E-state index in [1.54, 1.807) is 0 Å². The van der Waals surface area contributed by atoms with E-state index in [1.807, 2.05) is 0 Å². The molecule has 0 heterocycles. The maximum atomic E-state index is 13.0. The van der Waals surface area contributed by atoms with Crippen molar-refractivity contribution in [1.82, 2.24) is 4.47 Å². The van der Waals surface area contributed by atoms with Crippen molar-refractivity contribution >= 4 is 16.0 Å². The highest BCUT2D eigenvalue weighted by molar-refractivity contribution is 7.89. The number of halogens is 1. The Balaban J connectivity index is 3.49. The van der Waals surface area contributed by atoms with Gasteiger partial charge in [-0.05, 0) is 18.2 Å². The van der Waals surface area contributed by atoms with Gasteiger partial charge in [-0.3, -0.25) is 4.84 Å². The third kappa shape index (κ3) is 2.60. The second kappa shape index (κ2) is 4.78. The Morgan fingerprint density at radius 1 is 1.47 bits per heavy atom. The topological polar surface area (TPSA) is 83.9 Å². The van der Waals surface area contributed by atoms with Gasteiger partial charge in [0, 0.05) is 7.05 Å². The number of benzene rings is 1. The summed E-state index contributed by atoms with van der Waals surface area (Å²) in [6.07, 6.45) is 0. The molecule has 0 amide bonds. The Hall–Kier alpha value is -1.51. The summed E-state index contributed by atoms with van der Waals surface area (Å²) in [5, 5.41) is 8.83. The quantitative estimate of drug-likeness (QED) is 0.808. The Morgan fingerprint density at radius 2 is 2.06 bits per heavy atom. The number of carboxylic acid groups (broad SMARTS) is 1. The van der Waals surface area contributed by atoms with Crippen LogP contribution in [0.5, 0.6) is 0 Å². The van der Waals surface area contributed by atoms with E-state index in [2.05, 4.69) is 4.84 Å². The summed E-state index contributed by atoms with van der Waals surface area (Å²) in [5.74, 6) is -2.31. The van der Waals surface area contributed by atoms with Crippen LogP contribution in [0.4, 0.5) is 4.39 Å². The van der Waals surface area contributed by atoms with Crippen molar-refractivity contribution in [2.45, 2.75) is 4.90 Å². The Labute approximate surface area is 97.2 Å². The molecule has 1 aromatic rings. The van der Waals surface area contributed by atoms with E-state index in [-0.39, 0.29) is 0 Å². The van der Waals surface area contributed by atoms with Crippen LogP contribution < -0.4 is 0 Å². The molecule has 8 heteroatoms. The van der Waals surface area contributed by atoms with Crippen LogP contribution in [0.15, 0.2) is 23.1 Å². The number of aromatic carboxylic acids is 1. The lowest BCUT2D eigenvalue weighted by molar-refractivity contribution is -0.0259. The number of hydrogen-bond acceptors (Lipinski definition) is 4. The Morgan fingerprint density at radius 3 is 2.53 bits per heavy atom. The Kier molecular flexibility index (Phi) is 3.81. The minimum absolute atomic E-state index is 0.453. The SMILES string of the molecule is CON(C)S(=O)(=O)c1cc(F)ccc1C(=O)O. The molecule has 0 radical (unpaired) electrons. The van der Waals surface area contributed by atoms with Crippen molar-refractivity contribution in [2.24, 2.45) is 0 Å². The minimum Gasteiger partial charge on any atom is -0.478 e. The first kappa shape index (κ1) is 13.6. The van der Waals surface area contributed by atoms with Gasteiger partial charge >= 0.3 is 5.97 Å². The van der Waals surface area contributed by atoms with Crippen molar-refractivity contribution < 1.29 is 27.5 Å². The summed E-state index contributed by atoms with van der Waals surface area (Å²) in [5.41, 5.74) is -0.518. The standard InChI is InChI=1S/C9H10FNO5S/c1-11(16-2)17(14,15)8-5-6(10)3-4-7(8)9(12)13/h3-5H,1-2H3,(H,12,13).